The van der Waals surface area contributed by atoms with E-state index in [-0.39, 0.29) is 11.5 Å². The standard InChI is InChI=1S/C22H24N4O3S/c1-14(26-20(27)12-16-4-3-5-19(16)25-26)21(28)23-11-10-17-13-30-22(24-17)15-6-8-18(29-2)9-7-15/h6-9,12-14H,3-5,10-11H2,1-2H3,(H,23,28). The first-order chi connectivity index (χ1) is 14.5. The molecule has 0 bridgehead atoms. The molecule has 1 aromatic carbocycles. The van der Waals surface area contributed by atoms with Crippen LogP contribution in [0.2, 0.25) is 0 Å². The van der Waals surface area contributed by atoms with Gasteiger partial charge in [0.15, 0.2) is 0 Å². The van der Waals surface area contributed by atoms with Crippen molar-refractivity contribution in [2.75, 3.05) is 13.7 Å². The lowest BCUT2D eigenvalue weighted by molar-refractivity contribution is -0.124. The van der Waals surface area contributed by atoms with Gasteiger partial charge in [-0.2, -0.15) is 5.10 Å². The molecule has 7 nitrogen and oxygen atoms in total. The summed E-state index contributed by atoms with van der Waals surface area (Å²) in [6.45, 7) is 2.16. The highest BCUT2D eigenvalue weighted by atomic mass is 32.1. The van der Waals surface area contributed by atoms with Crippen LogP contribution in [-0.4, -0.2) is 34.3 Å². The van der Waals surface area contributed by atoms with Crippen molar-refractivity contribution in [2.24, 2.45) is 0 Å². The molecule has 1 atom stereocenters. The first-order valence-electron chi connectivity index (χ1n) is 10.0. The number of amides is 1. The van der Waals surface area contributed by atoms with Gasteiger partial charge < -0.3 is 10.1 Å². The number of hydrogen-bond acceptors (Lipinski definition) is 6. The molecule has 156 valence electrons. The van der Waals surface area contributed by atoms with Crippen LogP contribution in [0.15, 0.2) is 40.5 Å². The Kier molecular flexibility index (Phi) is 5.94. The number of benzene rings is 1. The van der Waals surface area contributed by atoms with E-state index >= 15 is 0 Å². The summed E-state index contributed by atoms with van der Waals surface area (Å²) < 4.78 is 6.48. The van der Waals surface area contributed by atoms with Gasteiger partial charge in [-0.1, -0.05) is 0 Å². The summed E-state index contributed by atoms with van der Waals surface area (Å²) in [6.07, 6.45) is 3.39. The predicted molar refractivity (Wildman–Crippen MR) is 116 cm³/mol. The van der Waals surface area contributed by atoms with Crippen LogP contribution in [0, 0.1) is 0 Å². The lowest BCUT2D eigenvalue weighted by atomic mass is 10.2. The first-order valence-corrected chi connectivity index (χ1v) is 10.9. The molecule has 0 fully saturated rings. The molecule has 1 aliphatic rings. The van der Waals surface area contributed by atoms with Crippen molar-refractivity contribution in [3.63, 3.8) is 0 Å². The van der Waals surface area contributed by atoms with Gasteiger partial charge in [0.25, 0.3) is 5.56 Å². The van der Waals surface area contributed by atoms with E-state index in [1.807, 2.05) is 29.6 Å². The van der Waals surface area contributed by atoms with Crippen molar-refractivity contribution < 1.29 is 9.53 Å². The molecule has 2 aromatic heterocycles. The van der Waals surface area contributed by atoms with Crippen LogP contribution >= 0.6 is 11.3 Å². The molecule has 30 heavy (non-hydrogen) atoms. The third kappa shape index (κ3) is 4.28. The molecule has 1 unspecified atom stereocenters. The van der Waals surface area contributed by atoms with E-state index in [9.17, 15) is 9.59 Å². The number of carbonyl (C=O) groups is 1. The second-order valence-corrected chi connectivity index (χ2v) is 8.20. The van der Waals surface area contributed by atoms with Crippen LogP contribution in [0.25, 0.3) is 10.6 Å². The number of carbonyl (C=O) groups excluding carboxylic acids is 1. The zero-order chi connectivity index (χ0) is 21.1. The molecule has 3 aromatic rings. The first kappa shape index (κ1) is 20.3. The monoisotopic (exact) mass is 424 g/mol. The Balaban J connectivity index is 1.34. The van der Waals surface area contributed by atoms with Crippen molar-refractivity contribution in [3.05, 3.63) is 63.0 Å². The smallest absolute Gasteiger partial charge is 0.267 e. The summed E-state index contributed by atoms with van der Waals surface area (Å²) in [5, 5.41) is 10.2. The maximum Gasteiger partial charge on any atom is 0.267 e. The van der Waals surface area contributed by atoms with Gasteiger partial charge in [-0.05, 0) is 56.0 Å². The summed E-state index contributed by atoms with van der Waals surface area (Å²) in [5.41, 5.74) is 3.68. The number of nitrogens with zero attached hydrogens (tertiary/aromatic N) is 3. The molecule has 8 heteroatoms. The number of thiazole rings is 1. The fourth-order valence-electron chi connectivity index (χ4n) is 3.55. The molecule has 2 heterocycles. The predicted octanol–water partition coefficient (Wildman–Crippen LogP) is 2.78. The molecule has 0 saturated carbocycles. The minimum atomic E-state index is -0.645. The maximum absolute atomic E-state index is 12.5. The fourth-order valence-corrected chi connectivity index (χ4v) is 4.41. The Hall–Kier alpha value is -3.00. The summed E-state index contributed by atoms with van der Waals surface area (Å²) >= 11 is 1.57. The van der Waals surface area contributed by atoms with E-state index < -0.39 is 6.04 Å². The molecule has 1 amide bonds. The summed E-state index contributed by atoms with van der Waals surface area (Å²) in [5.74, 6) is 0.595. The number of aromatic nitrogens is 3. The lowest BCUT2D eigenvalue weighted by Crippen LogP contribution is -2.38. The molecule has 0 spiro atoms. The summed E-state index contributed by atoms with van der Waals surface area (Å²) in [7, 11) is 1.64. The average Bonchev–Trinajstić information content (AvgIpc) is 3.42. The zero-order valence-corrected chi connectivity index (χ0v) is 17.9. The van der Waals surface area contributed by atoms with Crippen molar-refractivity contribution in [1.29, 1.82) is 0 Å². The van der Waals surface area contributed by atoms with Crippen LogP contribution in [-0.2, 0) is 24.1 Å². The highest BCUT2D eigenvalue weighted by molar-refractivity contribution is 7.13. The Morgan fingerprint density at radius 2 is 2.10 bits per heavy atom. The summed E-state index contributed by atoms with van der Waals surface area (Å²) in [4.78, 5) is 29.5. The van der Waals surface area contributed by atoms with Gasteiger partial charge in [-0.15, -0.1) is 11.3 Å². The number of ether oxygens (including phenoxy) is 1. The van der Waals surface area contributed by atoms with Gasteiger partial charge in [0.1, 0.15) is 16.8 Å². The Labute approximate surface area is 178 Å². The van der Waals surface area contributed by atoms with Gasteiger partial charge >= 0.3 is 0 Å². The molecule has 4 rings (SSSR count). The van der Waals surface area contributed by atoms with Crippen molar-refractivity contribution in [2.45, 2.75) is 38.6 Å². The van der Waals surface area contributed by atoms with E-state index in [2.05, 4.69) is 15.4 Å². The van der Waals surface area contributed by atoms with Crippen molar-refractivity contribution in [1.82, 2.24) is 20.1 Å². The van der Waals surface area contributed by atoms with Gasteiger partial charge in [-0.25, -0.2) is 9.67 Å². The van der Waals surface area contributed by atoms with E-state index in [1.165, 1.54) is 4.68 Å². The molecule has 1 aliphatic carbocycles. The Bertz CT molecular complexity index is 1100. The van der Waals surface area contributed by atoms with E-state index in [1.54, 1.807) is 31.4 Å². The van der Waals surface area contributed by atoms with Crippen molar-refractivity contribution >= 4 is 17.2 Å². The molecule has 0 radical (unpaired) electrons. The number of methoxy groups -OCH3 is 1. The Morgan fingerprint density at radius 1 is 1.30 bits per heavy atom. The van der Waals surface area contributed by atoms with Crippen molar-refractivity contribution in [3.8, 4) is 16.3 Å². The molecule has 0 aliphatic heterocycles. The zero-order valence-electron chi connectivity index (χ0n) is 17.1. The molecule has 1 N–H and O–H groups in total. The van der Waals surface area contributed by atoms with Crippen LogP contribution in [0.5, 0.6) is 5.75 Å². The number of aryl methyl sites for hydroxylation is 2. The van der Waals surface area contributed by atoms with Crippen LogP contribution < -0.4 is 15.6 Å². The molecular weight excluding hydrogens is 400 g/mol. The minimum absolute atomic E-state index is 0.215. The van der Waals surface area contributed by atoms with E-state index in [0.717, 1.165) is 52.5 Å². The number of fused-ring (bicyclic) bond motifs is 1. The van der Waals surface area contributed by atoms with Gasteiger partial charge in [0.05, 0.1) is 18.5 Å². The maximum atomic E-state index is 12.5. The molecule has 0 saturated heterocycles. The molecular formula is C22H24N4O3S. The normalized spacial score (nSPS) is 13.7. The number of hydrogen-bond donors (Lipinski definition) is 1. The van der Waals surface area contributed by atoms with Crippen LogP contribution in [0.3, 0.4) is 0 Å². The van der Waals surface area contributed by atoms with Gasteiger partial charge in [0, 0.05) is 30.0 Å². The second-order valence-electron chi connectivity index (χ2n) is 7.34. The fraction of sp³-hybridized carbons (Fsp3) is 0.364. The SMILES string of the molecule is COc1ccc(-c2nc(CCNC(=O)C(C)n3nc4c(cc3=O)CCC4)cs2)cc1. The van der Waals surface area contributed by atoms with Crippen LogP contribution in [0.1, 0.15) is 36.3 Å². The van der Waals surface area contributed by atoms with Crippen LogP contribution in [0.4, 0.5) is 0 Å². The quantitative estimate of drug-likeness (QED) is 0.630. The van der Waals surface area contributed by atoms with Gasteiger partial charge in [0.2, 0.25) is 5.91 Å². The lowest BCUT2D eigenvalue weighted by Gasteiger charge is -2.14. The highest BCUT2D eigenvalue weighted by Gasteiger charge is 2.21. The Morgan fingerprint density at radius 3 is 2.87 bits per heavy atom. The number of rotatable bonds is 7. The summed E-state index contributed by atoms with van der Waals surface area (Å²) in [6, 6.07) is 8.75. The largest absolute Gasteiger partial charge is 0.497 e. The van der Waals surface area contributed by atoms with E-state index in [4.69, 9.17) is 4.74 Å². The third-order valence-electron chi connectivity index (χ3n) is 5.30. The van der Waals surface area contributed by atoms with E-state index in [0.29, 0.717) is 13.0 Å². The highest BCUT2D eigenvalue weighted by Crippen LogP contribution is 2.25. The minimum Gasteiger partial charge on any atom is -0.497 e. The number of nitrogens with one attached hydrogen (secondary N) is 1. The van der Waals surface area contributed by atoms with Gasteiger partial charge in [-0.3, -0.25) is 9.59 Å². The topological polar surface area (TPSA) is 86.1 Å². The third-order valence-corrected chi connectivity index (χ3v) is 6.24. The average molecular weight is 425 g/mol. The second kappa shape index (κ2) is 8.79.